The number of carbonyl (C=O) groups is 2. The third-order valence-electron chi connectivity index (χ3n) is 5.84. The number of ether oxygens (including phenoxy) is 2. The van der Waals surface area contributed by atoms with E-state index in [1.165, 1.54) is 25.7 Å². The van der Waals surface area contributed by atoms with Crippen LogP contribution in [0.4, 0.5) is 4.79 Å². The highest BCUT2D eigenvalue weighted by molar-refractivity contribution is 5.88. The van der Waals surface area contributed by atoms with Crippen molar-refractivity contribution in [3.05, 3.63) is 29.9 Å². The molecule has 1 amide bonds. The molecule has 1 atom stereocenters. The molecular weight excluding hydrogens is 406 g/mol. The van der Waals surface area contributed by atoms with E-state index >= 15 is 0 Å². The summed E-state index contributed by atoms with van der Waals surface area (Å²) in [5.74, 6) is 0.459. The summed E-state index contributed by atoms with van der Waals surface area (Å²) >= 11 is 0. The van der Waals surface area contributed by atoms with Crippen LogP contribution in [0.15, 0.2) is 24.2 Å². The maximum Gasteiger partial charge on any atom is 0.407 e. The third kappa shape index (κ3) is 8.67. The lowest BCUT2D eigenvalue weighted by atomic mass is 9.87. The van der Waals surface area contributed by atoms with E-state index in [1.54, 1.807) is 6.92 Å². The van der Waals surface area contributed by atoms with E-state index < -0.39 is 11.7 Å². The topological polar surface area (TPSA) is 82.5 Å². The molecule has 7 nitrogen and oxygen atoms in total. The van der Waals surface area contributed by atoms with Crippen LogP contribution in [-0.4, -0.2) is 40.4 Å². The molecule has 1 saturated carbocycles. The fourth-order valence-corrected chi connectivity index (χ4v) is 3.96. The first-order chi connectivity index (χ1) is 15.1. The van der Waals surface area contributed by atoms with E-state index in [-0.39, 0.29) is 11.9 Å². The van der Waals surface area contributed by atoms with Gasteiger partial charge in [-0.25, -0.2) is 14.6 Å². The van der Waals surface area contributed by atoms with Crippen molar-refractivity contribution in [3.63, 3.8) is 0 Å². The summed E-state index contributed by atoms with van der Waals surface area (Å²) in [5, 5.41) is 2.80. The molecule has 0 saturated heterocycles. The molecule has 1 aromatic heterocycles. The Bertz CT molecular complexity index is 770. The number of carbonyl (C=O) groups excluding carboxylic acids is 2. The molecule has 1 fully saturated rings. The minimum atomic E-state index is -0.549. The standard InChI is InChI=1S/C25H41N3O4/c1-7-19(15-26-24(30)32-25(4,5)6)13-20(23(29)31-8-2)14-21-16-28(17-27-21)22-11-9-18(3)10-12-22/h13,16-19,22H,7-12,14-15H2,1-6H3,(H,26,30). The maximum atomic E-state index is 12.6. The minimum Gasteiger partial charge on any atom is -0.463 e. The molecule has 2 rings (SSSR count). The first kappa shape index (κ1) is 25.9. The van der Waals surface area contributed by atoms with E-state index in [2.05, 4.69) is 28.0 Å². The quantitative estimate of drug-likeness (QED) is 0.415. The summed E-state index contributed by atoms with van der Waals surface area (Å²) in [6, 6.07) is 0.490. The number of hydrogen-bond acceptors (Lipinski definition) is 5. The van der Waals surface area contributed by atoms with Crippen LogP contribution in [0.2, 0.25) is 0 Å². The van der Waals surface area contributed by atoms with Gasteiger partial charge in [-0.05, 0) is 71.6 Å². The predicted octanol–water partition coefficient (Wildman–Crippen LogP) is 5.22. The summed E-state index contributed by atoms with van der Waals surface area (Å²) in [6.07, 6.45) is 11.4. The molecule has 7 heteroatoms. The number of amides is 1. The molecule has 1 unspecified atom stereocenters. The number of imidazole rings is 1. The predicted molar refractivity (Wildman–Crippen MR) is 125 cm³/mol. The minimum absolute atomic E-state index is 0.0103. The fraction of sp³-hybridized carbons (Fsp3) is 0.720. The first-order valence-corrected chi connectivity index (χ1v) is 12.0. The Morgan fingerprint density at radius 1 is 1.25 bits per heavy atom. The lowest BCUT2D eigenvalue weighted by molar-refractivity contribution is -0.138. The van der Waals surface area contributed by atoms with Crippen LogP contribution in [0.25, 0.3) is 0 Å². The Hall–Kier alpha value is -2.31. The molecule has 0 spiro atoms. The Morgan fingerprint density at radius 2 is 1.94 bits per heavy atom. The van der Waals surface area contributed by atoms with Gasteiger partial charge in [0.15, 0.2) is 0 Å². The van der Waals surface area contributed by atoms with Gasteiger partial charge >= 0.3 is 12.1 Å². The van der Waals surface area contributed by atoms with Gasteiger partial charge in [-0.3, -0.25) is 0 Å². The summed E-state index contributed by atoms with van der Waals surface area (Å²) in [7, 11) is 0. The molecule has 0 bridgehead atoms. The van der Waals surface area contributed by atoms with Crippen molar-refractivity contribution in [1.82, 2.24) is 14.9 Å². The average molecular weight is 448 g/mol. The lowest BCUT2D eigenvalue weighted by Crippen LogP contribution is -2.35. The molecule has 1 aliphatic carbocycles. The zero-order valence-electron chi connectivity index (χ0n) is 20.6. The van der Waals surface area contributed by atoms with Gasteiger partial charge in [-0.2, -0.15) is 0 Å². The summed E-state index contributed by atoms with van der Waals surface area (Å²) in [5.41, 5.74) is 0.887. The van der Waals surface area contributed by atoms with Crippen molar-refractivity contribution in [2.24, 2.45) is 11.8 Å². The number of nitrogens with one attached hydrogen (secondary N) is 1. The van der Waals surface area contributed by atoms with Gasteiger partial charge in [0.05, 0.1) is 18.6 Å². The summed E-state index contributed by atoms with van der Waals surface area (Å²) < 4.78 is 12.8. The zero-order valence-corrected chi connectivity index (χ0v) is 20.6. The molecule has 0 aliphatic heterocycles. The normalized spacial score (nSPS) is 20.5. The fourth-order valence-electron chi connectivity index (χ4n) is 3.96. The number of hydrogen-bond donors (Lipinski definition) is 1. The molecule has 1 heterocycles. The Kier molecular flexibility index (Phi) is 9.79. The first-order valence-electron chi connectivity index (χ1n) is 12.0. The van der Waals surface area contributed by atoms with Gasteiger partial charge in [-0.1, -0.05) is 19.9 Å². The van der Waals surface area contributed by atoms with Crippen molar-refractivity contribution in [2.75, 3.05) is 13.2 Å². The van der Waals surface area contributed by atoms with Crippen molar-refractivity contribution in [2.45, 2.75) is 91.7 Å². The number of rotatable bonds is 9. The largest absolute Gasteiger partial charge is 0.463 e. The van der Waals surface area contributed by atoms with Gasteiger partial charge in [0.25, 0.3) is 0 Å². The second-order valence-electron chi connectivity index (χ2n) is 9.87. The van der Waals surface area contributed by atoms with Crippen LogP contribution in [0.3, 0.4) is 0 Å². The Morgan fingerprint density at radius 3 is 2.53 bits per heavy atom. The number of alkyl carbamates (subject to hydrolysis) is 1. The van der Waals surface area contributed by atoms with Gasteiger partial charge in [0.2, 0.25) is 0 Å². The summed E-state index contributed by atoms with van der Waals surface area (Å²) in [4.78, 5) is 29.2. The van der Waals surface area contributed by atoms with Crippen molar-refractivity contribution < 1.29 is 19.1 Å². The molecule has 1 aliphatic rings. The van der Waals surface area contributed by atoms with Crippen LogP contribution >= 0.6 is 0 Å². The van der Waals surface area contributed by atoms with Crippen LogP contribution in [0, 0.1) is 11.8 Å². The summed E-state index contributed by atoms with van der Waals surface area (Å²) in [6.45, 7) is 12.3. The Labute approximate surface area is 193 Å². The average Bonchev–Trinajstić information content (AvgIpc) is 3.18. The molecule has 1 N–H and O–H groups in total. The van der Waals surface area contributed by atoms with Crippen molar-refractivity contribution in [3.8, 4) is 0 Å². The lowest BCUT2D eigenvalue weighted by Gasteiger charge is -2.26. The van der Waals surface area contributed by atoms with Gasteiger partial charge < -0.3 is 19.4 Å². The Balaban J connectivity index is 2.07. The van der Waals surface area contributed by atoms with Crippen LogP contribution in [0.1, 0.15) is 85.4 Å². The highest BCUT2D eigenvalue weighted by Gasteiger charge is 2.22. The second kappa shape index (κ2) is 12.1. The molecule has 0 radical (unpaired) electrons. The highest BCUT2D eigenvalue weighted by atomic mass is 16.6. The molecule has 0 aromatic carbocycles. The number of esters is 1. The van der Waals surface area contributed by atoms with Gasteiger partial charge in [-0.15, -0.1) is 0 Å². The van der Waals surface area contributed by atoms with E-state index in [0.717, 1.165) is 18.0 Å². The smallest absolute Gasteiger partial charge is 0.407 e. The van der Waals surface area contributed by atoms with E-state index in [4.69, 9.17) is 9.47 Å². The van der Waals surface area contributed by atoms with Gasteiger partial charge in [0, 0.05) is 30.8 Å². The van der Waals surface area contributed by atoms with E-state index in [9.17, 15) is 9.59 Å². The zero-order chi connectivity index (χ0) is 23.7. The van der Waals surface area contributed by atoms with E-state index in [0.29, 0.717) is 31.2 Å². The maximum absolute atomic E-state index is 12.6. The van der Waals surface area contributed by atoms with E-state index in [1.807, 2.05) is 40.1 Å². The number of aromatic nitrogens is 2. The van der Waals surface area contributed by atoms with Gasteiger partial charge in [0.1, 0.15) is 5.60 Å². The van der Waals surface area contributed by atoms with Crippen molar-refractivity contribution in [1.29, 1.82) is 0 Å². The molecular formula is C25H41N3O4. The number of nitrogens with zero attached hydrogens (tertiary/aromatic N) is 2. The SMILES string of the molecule is CCOC(=O)C(=CC(CC)CNC(=O)OC(C)(C)C)Cc1cn(C2CCC(C)CC2)cn1. The molecule has 32 heavy (non-hydrogen) atoms. The monoisotopic (exact) mass is 447 g/mol. The molecule has 1 aromatic rings. The second-order valence-corrected chi connectivity index (χ2v) is 9.87. The van der Waals surface area contributed by atoms with Crippen LogP contribution in [0.5, 0.6) is 0 Å². The third-order valence-corrected chi connectivity index (χ3v) is 5.84. The highest BCUT2D eigenvalue weighted by Crippen LogP contribution is 2.31. The van der Waals surface area contributed by atoms with Crippen LogP contribution < -0.4 is 5.32 Å². The van der Waals surface area contributed by atoms with Crippen molar-refractivity contribution >= 4 is 12.1 Å². The van der Waals surface area contributed by atoms with Crippen LogP contribution in [-0.2, 0) is 20.7 Å². The molecule has 180 valence electrons.